The number of hydrazone groups is 1. The van der Waals surface area contributed by atoms with E-state index in [9.17, 15) is 18.0 Å². The molecule has 0 saturated heterocycles. The Kier molecular flexibility index (Phi) is 6.87. The molecule has 1 fully saturated rings. The first-order valence-electron chi connectivity index (χ1n) is 8.40. The monoisotopic (exact) mass is 381 g/mol. The van der Waals surface area contributed by atoms with Gasteiger partial charge in [-0.05, 0) is 18.9 Å². The van der Waals surface area contributed by atoms with Crippen LogP contribution in [0.2, 0.25) is 0 Å². The Morgan fingerprint density at radius 2 is 1.92 bits per heavy atom. The number of sulfonamides is 1. The lowest BCUT2D eigenvalue weighted by Gasteiger charge is -2.31. The zero-order valence-corrected chi connectivity index (χ0v) is 15.4. The number of amides is 1. The van der Waals surface area contributed by atoms with Crippen molar-refractivity contribution in [2.45, 2.75) is 38.1 Å². The first-order chi connectivity index (χ1) is 12.3. The van der Waals surface area contributed by atoms with Crippen LogP contribution in [-0.2, 0) is 14.8 Å². The quantitative estimate of drug-likeness (QED) is 0.547. The van der Waals surface area contributed by atoms with Gasteiger partial charge in [0.25, 0.3) is 5.91 Å². The summed E-state index contributed by atoms with van der Waals surface area (Å²) < 4.78 is 25.3. The molecule has 26 heavy (non-hydrogen) atoms. The third kappa shape index (κ3) is 5.63. The summed E-state index contributed by atoms with van der Waals surface area (Å²) in [5.41, 5.74) is 2.67. The van der Waals surface area contributed by atoms with Crippen molar-refractivity contribution < 1.29 is 23.1 Å². The van der Waals surface area contributed by atoms with E-state index >= 15 is 0 Å². The smallest absolute Gasteiger partial charge is 0.336 e. The highest BCUT2D eigenvalue weighted by molar-refractivity contribution is 7.88. The van der Waals surface area contributed by atoms with Gasteiger partial charge in [0.15, 0.2) is 0 Å². The second-order valence-electron chi connectivity index (χ2n) is 6.29. The zero-order valence-electron chi connectivity index (χ0n) is 14.6. The highest BCUT2D eigenvalue weighted by Gasteiger charge is 2.29. The molecule has 9 heteroatoms. The van der Waals surface area contributed by atoms with E-state index in [0.717, 1.165) is 38.4 Å². The molecule has 0 aliphatic heterocycles. The molecule has 2 rings (SSSR count). The van der Waals surface area contributed by atoms with Crippen LogP contribution in [0.3, 0.4) is 0 Å². The van der Waals surface area contributed by atoms with Crippen LogP contribution >= 0.6 is 0 Å². The van der Waals surface area contributed by atoms with Gasteiger partial charge in [0.05, 0.1) is 24.6 Å². The Bertz CT molecular complexity index is 785. The summed E-state index contributed by atoms with van der Waals surface area (Å²) in [7, 11) is -3.51. The number of nitrogens with one attached hydrogen (secondary N) is 1. The first-order valence-corrected chi connectivity index (χ1v) is 10.2. The number of rotatable bonds is 7. The van der Waals surface area contributed by atoms with E-state index in [-0.39, 0.29) is 18.2 Å². The maximum absolute atomic E-state index is 12.1. The number of hydrogen-bond donors (Lipinski definition) is 2. The normalized spacial score (nSPS) is 16.1. The van der Waals surface area contributed by atoms with Gasteiger partial charge in [-0.2, -0.15) is 9.41 Å². The molecule has 0 heterocycles. The Morgan fingerprint density at radius 3 is 2.54 bits per heavy atom. The van der Waals surface area contributed by atoms with Crippen molar-refractivity contribution in [3.8, 4) is 0 Å². The summed E-state index contributed by atoms with van der Waals surface area (Å²) in [5, 5.41) is 12.9. The molecule has 0 bridgehead atoms. The lowest BCUT2D eigenvalue weighted by molar-refractivity contribution is -0.121. The van der Waals surface area contributed by atoms with E-state index in [0.29, 0.717) is 5.56 Å². The van der Waals surface area contributed by atoms with Crippen LogP contribution in [0.25, 0.3) is 0 Å². The van der Waals surface area contributed by atoms with Crippen molar-refractivity contribution in [2.75, 3.05) is 12.8 Å². The molecule has 0 unspecified atom stereocenters. The lowest BCUT2D eigenvalue weighted by atomic mass is 9.95. The molecule has 1 aliphatic rings. The number of nitrogens with zero attached hydrogens (tertiary/aromatic N) is 2. The van der Waals surface area contributed by atoms with Gasteiger partial charge >= 0.3 is 5.97 Å². The van der Waals surface area contributed by atoms with Gasteiger partial charge in [0.2, 0.25) is 10.0 Å². The number of hydrogen-bond acceptors (Lipinski definition) is 5. The highest BCUT2D eigenvalue weighted by Crippen LogP contribution is 2.24. The summed E-state index contributed by atoms with van der Waals surface area (Å²) in [6.45, 7) is -0.304. The first kappa shape index (κ1) is 20.1. The van der Waals surface area contributed by atoms with Gasteiger partial charge in [-0.15, -0.1) is 0 Å². The Labute approximate surface area is 152 Å². The second-order valence-corrected chi connectivity index (χ2v) is 8.22. The van der Waals surface area contributed by atoms with Gasteiger partial charge in [-0.1, -0.05) is 37.5 Å². The number of carboxylic acids is 1. The summed E-state index contributed by atoms with van der Waals surface area (Å²) in [6, 6.07) is 6.07. The molecule has 0 atom stereocenters. The van der Waals surface area contributed by atoms with Crippen LogP contribution in [0.4, 0.5) is 0 Å². The standard InChI is InChI=1S/C17H23N3O5S/c1-26(24,25)20(14-8-3-2-4-9-14)12-16(21)19-18-11-13-7-5-6-10-15(13)17(22)23/h5-7,10-11,14H,2-4,8-9,12H2,1H3,(H,19,21)(H,22,23). The summed E-state index contributed by atoms with van der Waals surface area (Å²) in [5.74, 6) is -1.66. The van der Waals surface area contributed by atoms with Crippen LogP contribution in [0, 0.1) is 0 Å². The van der Waals surface area contributed by atoms with Gasteiger partial charge in [0, 0.05) is 11.6 Å². The van der Waals surface area contributed by atoms with Gasteiger partial charge in [-0.3, -0.25) is 4.79 Å². The van der Waals surface area contributed by atoms with Gasteiger partial charge in [-0.25, -0.2) is 18.6 Å². The van der Waals surface area contributed by atoms with E-state index in [4.69, 9.17) is 5.11 Å². The second kappa shape index (κ2) is 8.91. The summed E-state index contributed by atoms with van der Waals surface area (Å²) in [6.07, 6.45) is 6.79. The number of carboxylic acid groups (broad SMARTS) is 1. The maximum atomic E-state index is 12.1. The number of carbonyl (C=O) groups is 2. The number of carbonyl (C=O) groups excluding carboxylic acids is 1. The fraction of sp³-hybridized carbons (Fsp3) is 0.471. The van der Waals surface area contributed by atoms with Crippen molar-refractivity contribution in [3.63, 3.8) is 0 Å². The Morgan fingerprint density at radius 1 is 1.27 bits per heavy atom. The maximum Gasteiger partial charge on any atom is 0.336 e. The van der Waals surface area contributed by atoms with E-state index in [1.54, 1.807) is 18.2 Å². The lowest BCUT2D eigenvalue weighted by Crippen LogP contribution is -2.45. The fourth-order valence-corrected chi connectivity index (χ4v) is 4.15. The third-order valence-corrected chi connectivity index (χ3v) is 5.57. The van der Waals surface area contributed by atoms with Gasteiger partial charge in [0.1, 0.15) is 0 Å². The molecule has 1 aliphatic carbocycles. The molecule has 8 nitrogen and oxygen atoms in total. The Hall–Kier alpha value is -2.26. The third-order valence-electron chi connectivity index (χ3n) is 4.29. The molecule has 142 valence electrons. The molecule has 1 saturated carbocycles. The molecular formula is C17H23N3O5S. The van der Waals surface area contributed by atoms with Crippen molar-refractivity contribution in [1.29, 1.82) is 0 Å². The van der Waals surface area contributed by atoms with Crippen molar-refractivity contribution >= 4 is 28.1 Å². The highest BCUT2D eigenvalue weighted by atomic mass is 32.2. The SMILES string of the molecule is CS(=O)(=O)N(CC(=O)NN=Cc1ccccc1C(=O)O)C1CCCCC1. The van der Waals surface area contributed by atoms with Crippen molar-refractivity contribution in [2.24, 2.45) is 5.10 Å². The zero-order chi connectivity index (χ0) is 19.2. The summed E-state index contributed by atoms with van der Waals surface area (Å²) in [4.78, 5) is 23.2. The predicted octanol–water partition coefficient (Wildman–Crippen LogP) is 1.43. The fourth-order valence-electron chi connectivity index (χ4n) is 3.04. The van der Waals surface area contributed by atoms with Crippen LogP contribution < -0.4 is 5.43 Å². The number of aromatic carboxylic acids is 1. The molecule has 1 amide bonds. The van der Waals surface area contributed by atoms with Crippen LogP contribution in [0.5, 0.6) is 0 Å². The average Bonchev–Trinajstić information content (AvgIpc) is 2.60. The minimum atomic E-state index is -3.51. The minimum absolute atomic E-state index is 0.0606. The van der Waals surface area contributed by atoms with Crippen LogP contribution in [-0.4, -0.2) is 54.8 Å². The van der Waals surface area contributed by atoms with E-state index < -0.39 is 21.9 Å². The molecule has 0 aromatic heterocycles. The molecule has 0 spiro atoms. The molecule has 2 N–H and O–H groups in total. The number of benzene rings is 1. The topological polar surface area (TPSA) is 116 Å². The molecule has 1 aromatic carbocycles. The largest absolute Gasteiger partial charge is 0.478 e. The Balaban J connectivity index is 2.01. The minimum Gasteiger partial charge on any atom is -0.478 e. The van der Waals surface area contributed by atoms with Crippen molar-refractivity contribution in [3.05, 3.63) is 35.4 Å². The molecule has 1 aromatic rings. The molecule has 0 radical (unpaired) electrons. The molecular weight excluding hydrogens is 358 g/mol. The van der Waals surface area contributed by atoms with E-state index in [1.165, 1.54) is 16.6 Å². The van der Waals surface area contributed by atoms with Crippen LogP contribution in [0.1, 0.15) is 48.0 Å². The summed E-state index contributed by atoms with van der Waals surface area (Å²) >= 11 is 0. The van der Waals surface area contributed by atoms with Crippen molar-refractivity contribution in [1.82, 2.24) is 9.73 Å². The van der Waals surface area contributed by atoms with E-state index in [1.807, 2.05) is 0 Å². The average molecular weight is 381 g/mol. The van der Waals surface area contributed by atoms with Crippen LogP contribution in [0.15, 0.2) is 29.4 Å². The predicted molar refractivity (Wildman–Crippen MR) is 97.6 cm³/mol. The van der Waals surface area contributed by atoms with E-state index in [2.05, 4.69) is 10.5 Å². The van der Waals surface area contributed by atoms with Gasteiger partial charge < -0.3 is 5.11 Å².